The largest absolute Gasteiger partial charge is 0.486 e. The number of thiazole rings is 1. The molecule has 0 bridgehead atoms. The Labute approximate surface area is 186 Å². The first kappa shape index (κ1) is 21.9. The number of halogens is 1. The maximum atomic E-state index is 13.1. The lowest BCUT2D eigenvalue weighted by atomic mass is 10.2. The molecule has 1 aliphatic heterocycles. The molecule has 8 nitrogen and oxygen atoms in total. The van der Waals surface area contributed by atoms with Crippen LogP contribution in [-0.4, -0.2) is 63.8 Å². The quantitative estimate of drug-likeness (QED) is 0.500. The zero-order valence-corrected chi connectivity index (χ0v) is 17.6. The predicted octanol–water partition coefficient (Wildman–Crippen LogP) is 2.71. The van der Waals surface area contributed by atoms with E-state index < -0.39 is 18.2 Å². The van der Waals surface area contributed by atoms with E-state index >= 15 is 0 Å². The SMILES string of the molecule is O=C(CN1C[C@@H](O)[C@H](Oc2cccc(C(=O)O)c2)C1)Nc1nc(-c2ccc(F)cc2)cs1. The van der Waals surface area contributed by atoms with Gasteiger partial charge in [-0.15, -0.1) is 11.3 Å². The predicted molar refractivity (Wildman–Crippen MR) is 116 cm³/mol. The van der Waals surface area contributed by atoms with Crippen molar-refractivity contribution >= 4 is 28.3 Å². The molecule has 1 amide bonds. The molecule has 2 heterocycles. The van der Waals surface area contributed by atoms with Gasteiger partial charge in [-0.2, -0.15) is 0 Å². The summed E-state index contributed by atoms with van der Waals surface area (Å²) >= 11 is 1.26. The number of anilines is 1. The van der Waals surface area contributed by atoms with Crippen LogP contribution in [0.5, 0.6) is 5.75 Å². The molecular weight excluding hydrogens is 437 g/mol. The number of carbonyl (C=O) groups excluding carboxylic acids is 1. The van der Waals surface area contributed by atoms with E-state index in [1.807, 2.05) is 0 Å². The topological polar surface area (TPSA) is 112 Å². The van der Waals surface area contributed by atoms with E-state index in [1.165, 1.54) is 35.6 Å². The van der Waals surface area contributed by atoms with Crippen LogP contribution >= 0.6 is 11.3 Å². The number of rotatable bonds is 7. The molecule has 0 unspecified atom stereocenters. The zero-order chi connectivity index (χ0) is 22.7. The van der Waals surface area contributed by atoms with E-state index in [4.69, 9.17) is 9.84 Å². The number of hydrogen-bond acceptors (Lipinski definition) is 7. The van der Waals surface area contributed by atoms with Gasteiger partial charge in [0, 0.05) is 24.0 Å². The number of carboxylic acids is 1. The van der Waals surface area contributed by atoms with Crippen molar-refractivity contribution in [2.24, 2.45) is 0 Å². The molecule has 2 atom stereocenters. The second-order valence-corrected chi connectivity index (χ2v) is 8.20. The van der Waals surface area contributed by atoms with Gasteiger partial charge in [-0.25, -0.2) is 14.2 Å². The minimum atomic E-state index is -1.06. The van der Waals surface area contributed by atoms with Crippen LogP contribution in [0.2, 0.25) is 0 Å². The Hall–Kier alpha value is -3.34. The lowest BCUT2D eigenvalue weighted by Gasteiger charge is -2.17. The summed E-state index contributed by atoms with van der Waals surface area (Å²) in [5.74, 6) is -1.34. The fourth-order valence-corrected chi connectivity index (χ4v) is 4.14. The van der Waals surface area contributed by atoms with Gasteiger partial charge in [0.15, 0.2) is 5.13 Å². The molecule has 1 aromatic heterocycles. The Bertz CT molecular complexity index is 1120. The molecule has 0 radical (unpaired) electrons. The Morgan fingerprint density at radius 1 is 1.22 bits per heavy atom. The Morgan fingerprint density at radius 3 is 2.75 bits per heavy atom. The molecule has 1 fully saturated rings. The number of aromatic carboxylic acids is 1. The van der Waals surface area contributed by atoms with Crippen molar-refractivity contribution in [1.82, 2.24) is 9.88 Å². The van der Waals surface area contributed by atoms with Crippen LogP contribution in [-0.2, 0) is 4.79 Å². The van der Waals surface area contributed by atoms with Gasteiger partial charge in [0.2, 0.25) is 5.91 Å². The summed E-state index contributed by atoms with van der Waals surface area (Å²) in [6.45, 7) is 0.595. The third-order valence-corrected chi connectivity index (χ3v) is 5.70. The molecular formula is C22H20FN3O5S. The van der Waals surface area contributed by atoms with Crippen molar-refractivity contribution in [2.75, 3.05) is 25.0 Å². The van der Waals surface area contributed by atoms with Crippen LogP contribution in [0.25, 0.3) is 11.3 Å². The highest BCUT2D eigenvalue weighted by Gasteiger charge is 2.34. The number of benzene rings is 2. The van der Waals surface area contributed by atoms with Crippen molar-refractivity contribution in [1.29, 1.82) is 0 Å². The minimum Gasteiger partial charge on any atom is -0.486 e. The first-order chi connectivity index (χ1) is 15.4. The lowest BCUT2D eigenvalue weighted by molar-refractivity contribution is -0.117. The average Bonchev–Trinajstić information content (AvgIpc) is 3.35. The molecule has 3 aromatic rings. The van der Waals surface area contributed by atoms with E-state index in [1.54, 1.807) is 34.5 Å². The number of aliphatic hydroxyl groups excluding tert-OH is 1. The normalized spacial score (nSPS) is 18.4. The van der Waals surface area contributed by atoms with Gasteiger partial charge in [0.25, 0.3) is 0 Å². The molecule has 2 aromatic carbocycles. The average molecular weight is 457 g/mol. The number of nitrogens with one attached hydrogen (secondary N) is 1. The minimum absolute atomic E-state index is 0.0392. The Kier molecular flexibility index (Phi) is 6.45. The third-order valence-electron chi connectivity index (χ3n) is 4.94. The number of likely N-dealkylation sites (tertiary alicyclic amines) is 1. The van der Waals surface area contributed by atoms with Gasteiger partial charge in [0.05, 0.1) is 17.8 Å². The van der Waals surface area contributed by atoms with Crippen molar-refractivity contribution in [3.8, 4) is 17.0 Å². The zero-order valence-electron chi connectivity index (χ0n) is 16.8. The molecule has 1 saturated heterocycles. The molecule has 10 heteroatoms. The van der Waals surface area contributed by atoms with Crippen LogP contribution in [0.4, 0.5) is 9.52 Å². The Morgan fingerprint density at radius 2 is 2.00 bits per heavy atom. The fraction of sp³-hybridized carbons (Fsp3) is 0.227. The van der Waals surface area contributed by atoms with Gasteiger partial charge in [-0.3, -0.25) is 9.69 Å². The number of hydrogen-bond donors (Lipinski definition) is 3. The summed E-state index contributed by atoms with van der Waals surface area (Å²) in [6, 6.07) is 12.0. The number of nitrogens with zero attached hydrogens (tertiary/aromatic N) is 2. The maximum absolute atomic E-state index is 13.1. The van der Waals surface area contributed by atoms with Gasteiger partial charge in [-0.1, -0.05) is 6.07 Å². The Balaban J connectivity index is 1.31. The number of carbonyl (C=O) groups is 2. The standard InChI is InChI=1S/C22H20FN3O5S/c23-15-6-4-13(5-7-15)17-12-32-22(24-17)25-20(28)11-26-9-18(27)19(10-26)31-16-3-1-2-14(8-16)21(29)30/h1-8,12,18-19,27H,9-11H2,(H,29,30)(H,24,25,28)/t18-,19-/m1/s1. The first-order valence-corrected chi connectivity index (χ1v) is 10.7. The number of β-amino-alcohol motifs (C(OH)–C–C–N with tert-alkyl or cyclic N) is 1. The van der Waals surface area contributed by atoms with Crippen molar-refractivity contribution in [2.45, 2.75) is 12.2 Å². The second kappa shape index (κ2) is 9.43. The second-order valence-electron chi connectivity index (χ2n) is 7.34. The lowest BCUT2D eigenvalue weighted by Crippen LogP contribution is -2.33. The van der Waals surface area contributed by atoms with E-state index in [0.717, 1.165) is 5.56 Å². The van der Waals surface area contributed by atoms with Crippen LogP contribution in [0.15, 0.2) is 53.9 Å². The van der Waals surface area contributed by atoms with Gasteiger partial charge in [-0.05, 0) is 42.5 Å². The van der Waals surface area contributed by atoms with E-state index in [0.29, 0.717) is 23.1 Å². The monoisotopic (exact) mass is 457 g/mol. The number of carboxylic acid groups (broad SMARTS) is 1. The summed E-state index contributed by atoms with van der Waals surface area (Å²) < 4.78 is 18.8. The summed E-state index contributed by atoms with van der Waals surface area (Å²) in [5.41, 5.74) is 1.48. The van der Waals surface area contributed by atoms with Gasteiger partial charge < -0.3 is 20.3 Å². The van der Waals surface area contributed by atoms with Gasteiger partial charge in [0.1, 0.15) is 23.8 Å². The molecule has 0 saturated carbocycles. The molecule has 32 heavy (non-hydrogen) atoms. The highest BCUT2D eigenvalue weighted by Crippen LogP contribution is 2.25. The van der Waals surface area contributed by atoms with Crippen LogP contribution < -0.4 is 10.1 Å². The van der Waals surface area contributed by atoms with Crippen molar-refractivity contribution in [3.05, 3.63) is 65.3 Å². The third kappa shape index (κ3) is 5.28. The maximum Gasteiger partial charge on any atom is 0.335 e. The number of aliphatic hydroxyl groups is 1. The highest BCUT2D eigenvalue weighted by molar-refractivity contribution is 7.14. The van der Waals surface area contributed by atoms with Crippen molar-refractivity contribution in [3.63, 3.8) is 0 Å². The number of aromatic nitrogens is 1. The molecule has 166 valence electrons. The molecule has 3 N–H and O–H groups in total. The van der Waals surface area contributed by atoms with Crippen molar-refractivity contribution < 1.29 is 28.9 Å². The summed E-state index contributed by atoms with van der Waals surface area (Å²) in [5, 5.41) is 24.3. The number of ether oxygens (including phenoxy) is 1. The van der Waals surface area contributed by atoms with Crippen LogP contribution in [0, 0.1) is 5.82 Å². The van der Waals surface area contributed by atoms with Crippen LogP contribution in [0.1, 0.15) is 10.4 Å². The molecule has 4 rings (SSSR count). The van der Waals surface area contributed by atoms with Gasteiger partial charge >= 0.3 is 5.97 Å². The highest BCUT2D eigenvalue weighted by atomic mass is 32.1. The molecule has 1 aliphatic rings. The van der Waals surface area contributed by atoms with E-state index in [2.05, 4.69) is 10.3 Å². The smallest absolute Gasteiger partial charge is 0.335 e. The number of amides is 1. The first-order valence-electron chi connectivity index (χ1n) is 9.79. The van der Waals surface area contributed by atoms with E-state index in [9.17, 15) is 19.1 Å². The summed E-state index contributed by atoms with van der Waals surface area (Å²) in [6.07, 6.45) is -1.40. The van der Waals surface area contributed by atoms with E-state index in [-0.39, 0.29) is 30.4 Å². The molecule has 0 aliphatic carbocycles. The van der Waals surface area contributed by atoms with Crippen LogP contribution in [0.3, 0.4) is 0 Å². The summed E-state index contributed by atoms with van der Waals surface area (Å²) in [4.78, 5) is 29.6. The fourth-order valence-electron chi connectivity index (χ4n) is 3.40. The molecule has 0 spiro atoms. The summed E-state index contributed by atoms with van der Waals surface area (Å²) in [7, 11) is 0.